The first-order valence-corrected chi connectivity index (χ1v) is 17.5. The largest absolute Gasteiger partial charge is 0.466 e. The molecule has 0 amide bonds. The Morgan fingerprint density at radius 2 is 0.564 bits per heavy atom. The molecular weight excluding hydrogens is 484 g/mol. The summed E-state index contributed by atoms with van der Waals surface area (Å²) in [4.78, 5) is 23.7. The van der Waals surface area contributed by atoms with Gasteiger partial charge in [0.15, 0.2) is 0 Å². The molecule has 232 valence electrons. The molecule has 0 aromatic carbocycles. The lowest BCUT2D eigenvalue weighted by Crippen LogP contribution is -2.05. The molecule has 0 aliphatic rings. The summed E-state index contributed by atoms with van der Waals surface area (Å²) < 4.78 is 10.8. The average molecular weight is 553 g/mol. The molecule has 0 radical (unpaired) electrons. The van der Waals surface area contributed by atoms with E-state index in [1.54, 1.807) is 0 Å². The molecule has 0 bridgehead atoms. The van der Waals surface area contributed by atoms with Gasteiger partial charge in [0.2, 0.25) is 0 Å². The Morgan fingerprint density at radius 3 is 0.846 bits per heavy atom. The van der Waals surface area contributed by atoms with E-state index in [1.165, 1.54) is 122 Å². The number of carbonyl (C=O) groups is 2. The summed E-state index contributed by atoms with van der Waals surface area (Å²) in [6.07, 6.45) is 34.7. The molecule has 0 aromatic rings. The number of hydrogen-bond acceptors (Lipinski definition) is 4. The van der Waals surface area contributed by atoms with Gasteiger partial charge in [-0.15, -0.1) is 0 Å². The van der Waals surface area contributed by atoms with Crippen LogP contribution in [0.3, 0.4) is 0 Å². The van der Waals surface area contributed by atoms with E-state index in [-0.39, 0.29) is 11.9 Å². The van der Waals surface area contributed by atoms with Crippen LogP contribution >= 0.6 is 0 Å². The van der Waals surface area contributed by atoms with Gasteiger partial charge in [-0.2, -0.15) is 0 Å². The monoisotopic (exact) mass is 553 g/mol. The number of hydrogen-bond donors (Lipinski definition) is 0. The van der Waals surface area contributed by atoms with E-state index in [2.05, 4.69) is 13.8 Å². The quantitative estimate of drug-likeness (QED) is 0.0615. The third-order valence-corrected chi connectivity index (χ3v) is 7.78. The highest BCUT2D eigenvalue weighted by Crippen LogP contribution is 2.13. The van der Waals surface area contributed by atoms with Crippen molar-refractivity contribution in [3.63, 3.8) is 0 Å². The second-order valence-corrected chi connectivity index (χ2v) is 11.8. The van der Waals surface area contributed by atoms with Crippen molar-refractivity contribution in [3.8, 4) is 0 Å². The first-order valence-electron chi connectivity index (χ1n) is 17.5. The van der Waals surface area contributed by atoms with Crippen molar-refractivity contribution in [2.45, 2.75) is 200 Å². The fourth-order valence-electron chi connectivity index (χ4n) is 5.12. The van der Waals surface area contributed by atoms with Gasteiger partial charge >= 0.3 is 11.9 Å². The van der Waals surface area contributed by atoms with Crippen molar-refractivity contribution < 1.29 is 19.1 Å². The maximum absolute atomic E-state index is 11.9. The third kappa shape index (κ3) is 33.0. The van der Waals surface area contributed by atoms with Crippen LogP contribution in [-0.2, 0) is 19.1 Å². The summed E-state index contributed by atoms with van der Waals surface area (Å²) in [6, 6.07) is 0. The SMILES string of the molecule is CCCCCCCCCCCCOC(=O)CCCCCCCCCC(=O)OCCCCCCCCCCCC. The van der Waals surface area contributed by atoms with Crippen LogP contribution in [-0.4, -0.2) is 25.2 Å². The van der Waals surface area contributed by atoms with Gasteiger partial charge in [0.1, 0.15) is 0 Å². The topological polar surface area (TPSA) is 52.6 Å². The first-order chi connectivity index (χ1) is 19.2. The Bertz CT molecular complexity index is 461. The zero-order valence-electron chi connectivity index (χ0n) is 26.6. The van der Waals surface area contributed by atoms with Gasteiger partial charge in [0, 0.05) is 12.8 Å². The summed E-state index contributed by atoms with van der Waals surface area (Å²) >= 11 is 0. The van der Waals surface area contributed by atoms with E-state index >= 15 is 0 Å². The van der Waals surface area contributed by atoms with E-state index in [4.69, 9.17) is 9.47 Å². The molecule has 0 heterocycles. The summed E-state index contributed by atoms with van der Waals surface area (Å²) in [7, 11) is 0. The molecule has 39 heavy (non-hydrogen) atoms. The van der Waals surface area contributed by atoms with Gasteiger partial charge in [0.25, 0.3) is 0 Å². The summed E-state index contributed by atoms with van der Waals surface area (Å²) in [5.41, 5.74) is 0. The minimum Gasteiger partial charge on any atom is -0.466 e. The molecule has 0 aromatic heterocycles. The molecule has 0 saturated carbocycles. The predicted octanol–water partition coefficient (Wildman–Crippen LogP) is 11.4. The van der Waals surface area contributed by atoms with Crippen molar-refractivity contribution in [3.05, 3.63) is 0 Å². The molecule has 4 heteroatoms. The maximum atomic E-state index is 11.9. The number of ether oxygens (including phenoxy) is 2. The normalized spacial score (nSPS) is 11.1. The highest BCUT2D eigenvalue weighted by atomic mass is 16.5. The number of rotatable bonds is 32. The van der Waals surface area contributed by atoms with Crippen molar-refractivity contribution in [2.75, 3.05) is 13.2 Å². The Labute approximate surface area is 244 Å². The summed E-state index contributed by atoms with van der Waals surface area (Å²) in [5, 5.41) is 0. The Balaban J connectivity index is 3.24. The second-order valence-electron chi connectivity index (χ2n) is 11.8. The van der Waals surface area contributed by atoms with Crippen LogP contribution in [0.5, 0.6) is 0 Å². The molecule has 0 aliphatic carbocycles. The third-order valence-electron chi connectivity index (χ3n) is 7.78. The standard InChI is InChI=1S/C35H68O4/c1-3-5-7-9-11-13-15-20-24-28-32-38-34(36)30-26-22-18-17-19-23-27-31-35(37)39-33-29-25-21-16-14-12-10-8-6-4-2/h3-33H2,1-2H3. The van der Waals surface area contributed by atoms with Crippen LogP contribution in [0.2, 0.25) is 0 Å². The summed E-state index contributed by atoms with van der Waals surface area (Å²) in [6.45, 7) is 5.71. The predicted molar refractivity (Wildman–Crippen MR) is 167 cm³/mol. The van der Waals surface area contributed by atoms with Gasteiger partial charge in [-0.1, -0.05) is 162 Å². The Hall–Kier alpha value is -1.06. The van der Waals surface area contributed by atoms with E-state index in [0.29, 0.717) is 26.1 Å². The highest BCUT2D eigenvalue weighted by Gasteiger charge is 2.04. The van der Waals surface area contributed by atoms with Crippen LogP contribution in [0.1, 0.15) is 200 Å². The fourth-order valence-corrected chi connectivity index (χ4v) is 5.12. The molecule has 0 N–H and O–H groups in total. The van der Waals surface area contributed by atoms with Crippen LogP contribution in [0.4, 0.5) is 0 Å². The zero-order valence-corrected chi connectivity index (χ0v) is 26.6. The molecule has 0 spiro atoms. The van der Waals surface area contributed by atoms with Gasteiger partial charge in [0.05, 0.1) is 13.2 Å². The average Bonchev–Trinajstić information content (AvgIpc) is 2.93. The van der Waals surface area contributed by atoms with Gasteiger partial charge in [-0.3, -0.25) is 9.59 Å². The number of esters is 2. The molecule has 0 fully saturated rings. The van der Waals surface area contributed by atoms with E-state index < -0.39 is 0 Å². The zero-order chi connectivity index (χ0) is 28.5. The highest BCUT2D eigenvalue weighted by molar-refractivity contribution is 5.69. The molecule has 0 aliphatic heterocycles. The number of carbonyl (C=O) groups excluding carboxylic acids is 2. The smallest absolute Gasteiger partial charge is 0.305 e. The van der Waals surface area contributed by atoms with E-state index in [9.17, 15) is 9.59 Å². The van der Waals surface area contributed by atoms with Crippen LogP contribution in [0.25, 0.3) is 0 Å². The van der Waals surface area contributed by atoms with Crippen molar-refractivity contribution in [1.29, 1.82) is 0 Å². The Kier molecular flexibility index (Phi) is 32.2. The fraction of sp³-hybridized carbons (Fsp3) is 0.943. The van der Waals surface area contributed by atoms with Crippen LogP contribution < -0.4 is 0 Å². The molecule has 0 atom stereocenters. The lowest BCUT2D eigenvalue weighted by Gasteiger charge is -2.06. The summed E-state index contributed by atoms with van der Waals surface area (Å²) in [5.74, 6) is -0.0514. The molecule has 0 saturated heterocycles. The molecule has 4 nitrogen and oxygen atoms in total. The van der Waals surface area contributed by atoms with Crippen molar-refractivity contribution in [2.24, 2.45) is 0 Å². The lowest BCUT2D eigenvalue weighted by atomic mass is 10.1. The second kappa shape index (κ2) is 33.1. The van der Waals surface area contributed by atoms with Crippen molar-refractivity contribution >= 4 is 11.9 Å². The van der Waals surface area contributed by atoms with Gasteiger partial charge < -0.3 is 9.47 Å². The van der Waals surface area contributed by atoms with Crippen LogP contribution in [0.15, 0.2) is 0 Å². The minimum absolute atomic E-state index is 0.0257. The molecule has 0 unspecified atom stereocenters. The molecule has 0 rings (SSSR count). The van der Waals surface area contributed by atoms with Gasteiger partial charge in [-0.25, -0.2) is 0 Å². The maximum Gasteiger partial charge on any atom is 0.305 e. The number of unbranched alkanes of at least 4 members (excludes halogenated alkanes) is 24. The van der Waals surface area contributed by atoms with E-state index in [1.807, 2.05) is 0 Å². The lowest BCUT2D eigenvalue weighted by molar-refractivity contribution is -0.144. The first kappa shape index (κ1) is 37.9. The molecular formula is C35H68O4. The van der Waals surface area contributed by atoms with Gasteiger partial charge in [-0.05, 0) is 25.7 Å². The Morgan fingerprint density at radius 1 is 0.333 bits per heavy atom. The minimum atomic E-state index is -0.0257. The van der Waals surface area contributed by atoms with Crippen molar-refractivity contribution in [1.82, 2.24) is 0 Å². The van der Waals surface area contributed by atoms with Crippen LogP contribution in [0, 0.1) is 0 Å². The van der Waals surface area contributed by atoms with E-state index in [0.717, 1.165) is 51.4 Å².